The van der Waals surface area contributed by atoms with E-state index in [4.69, 9.17) is 15.2 Å². The van der Waals surface area contributed by atoms with Crippen LogP contribution in [0.25, 0.3) is 0 Å². The first-order valence-corrected chi connectivity index (χ1v) is 11.6. The Morgan fingerprint density at radius 3 is 2.49 bits per heavy atom. The van der Waals surface area contributed by atoms with E-state index in [1.54, 1.807) is 44.7 Å². The highest BCUT2D eigenvalue weighted by molar-refractivity contribution is 7.99. The Kier molecular flexibility index (Phi) is 7.69. The van der Waals surface area contributed by atoms with Crippen LogP contribution < -0.4 is 25.8 Å². The second-order valence-corrected chi connectivity index (χ2v) is 8.52. The minimum Gasteiger partial charge on any atom is -0.493 e. The molecule has 9 heteroatoms. The van der Waals surface area contributed by atoms with Gasteiger partial charge in [-0.2, -0.15) is 0 Å². The Bertz CT molecular complexity index is 1310. The third-order valence-electron chi connectivity index (χ3n) is 5.08. The maximum atomic E-state index is 12.5. The number of amides is 1. The lowest BCUT2D eigenvalue weighted by Crippen LogP contribution is -2.13. The largest absolute Gasteiger partial charge is 0.493 e. The molecule has 35 heavy (non-hydrogen) atoms. The van der Waals surface area contributed by atoms with E-state index < -0.39 is 0 Å². The van der Waals surface area contributed by atoms with E-state index in [1.807, 2.05) is 48.5 Å². The van der Waals surface area contributed by atoms with Gasteiger partial charge in [0, 0.05) is 23.2 Å². The number of ether oxygens (including phenoxy) is 2. The zero-order chi connectivity index (χ0) is 24.6. The Morgan fingerprint density at radius 2 is 1.74 bits per heavy atom. The second kappa shape index (κ2) is 11.3. The Labute approximate surface area is 207 Å². The number of hydrogen-bond donors (Lipinski definition) is 3. The molecule has 1 heterocycles. The van der Waals surface area contributed by atoms with Crippen LogP contribution in [0.1, 0.15) is 15.9 Å². The Morgan fingerprint density at radius 1 is 0.971 bits per heavy atom. The topological polar surface area (TPSA) is 111 Å². The first-order valence-electron chi connectivity index (χ1n) is 10.8. The van der Waals surface area contributed by atoms with Crippen molar-refractivity contribution in [1.82, 2.24) is 9.97 Å². The summed E-state index contributed by atoms with van der Waals surface area (Å²) >= 11 is 1.50. The molecule has 4 aromatic rings. The fourth-order valence-corrected chi connectivity index (χ4v) is 4.05. The number of carbonyl (C=O) groups excluding carboxylic acids is 1. The highest BCUT2D eigenvalue weighted by Gasteiger charge is 2.09. The van der Waals surface area contributed by atoms with Crippen molar-refractivity contribution in [2.75, 3.05) is 30.6 Å². The lowest BCUT2D eigenvalue weighted by Gasteiger charge is -2.10. The molecule has 0 atom stereocenters. The molecule has 0 saturated heterocycles. The number of rotatable bonds is 9. The average molecular weight is 488 g/mol. The third kappa shape index (κ3) is 6.21. The second-order valence-electron chi connectivity index (χ2n) is 7.43. The number of benzene rings is 3. The van der Waals surface area contributed by atoms with Crippen molar-refractivity contribution in [2.24, 2.45) is 0 Å². The summed E-state index contributed by atoms with van der Waals surface area (Å²) in [4.78, 5) is 22.3. The van der Waals surface area contributed by atoms with Crippen LogP contribution in [0.5, 0.6) is 11.5 Å². The summed E-state index contributed by atoms with van der Waals surface area (Å²) in [5, 5.41) is 6.85. The van der Waals surface area contributed by atoms with Crippen LogP contribution in [0.3, 0.4) is 0 Å². The standard InChI is InChI=1S/C26H25N5O3S/c1-33-22-12-11-19(15-23(22)34-2)35-24-13-14-28-26(31-24)29-16-17-7-9-18(10-8-17)25(32)30-21-6-4-3-5-20(21)27/h3-15H,16,27H2,1-2H3,(H,30,32)(H,28,29,31). The molecule has 0 aliphatic rings. The van der Waals surface area contributed by atoms with Crippen molar-refractivity contribution in [3.63, 3.8) is 0 Å². The molecule has 0 spiro atoms. The number of methoxy groups -OCH3 is 2. The zero-order valence-electron chi connectivity index (χ0n) is 19.3. The van der Waals surface area contributed by atoms with Crippen LogP contribution in [-0.2, 0) is 6.54 Å². The van der Waals surface area contributed by atoms with Crippen molar-refractivity contribution in [3.8, 4) is 11.5 Å². The van der Waals surface area contributed by atoms with E-state index in [1.165, 1.54) is 11.8 Å². The molecule has 3 aromatic carbocycles. The van der Waals surface area contributed by atoms with Crippen LogP contribution >= 0.6 is 11.8 Å². The van der Waals surface area contributed by atoms with Gasteiger partial charge in [-0.05, 0) is 54.1 Å². The minimum absolute atomic E-state index is 0.217. The summed E-state index contributed by atoms with van der Waals surface area (Å²) in [5.41, 5.74) is 8.54. The molecule has 1 amide bonds. The number of carbonyl (C=O) groups is 1. The van der Waals surface area contributed by atoms with E-state index in [0.29, 0.717) is 40.9 Å². The molecule has 4 N–H and O–H groups in total. The summed E-state index contributed by atoms with van der Waals surface area (Å²) < 4.78 is 10.7. The van der Waals surface area contributed by atoms with Crippen molar-refractivity contribution >= 4 is 35.0 Å². The van der Waals surface area contributed by atoms with Crippen molar-refractivity contribution in [3.05, 3.63) is 90.1 Å². The highest BCUT2D eigenvalue weighted by Crippen LogP contribution is 2.34. The number of para-hydroxylation sites is 2. The normalized spacial score (nSPS) is 10.5. The quantitative estimate of drug-likeness (QED) is 0.221. The fraction of sp³-hybridized carbons (Fsp3) is 0.115. The molecule has 1 aromatic heterocycles. The Hall–Kier alpha value is -4.24. The SMILES string of the molecule is COc1ccc(Sc2ccnc(NCc3ccc(C(=O)Nc4ccccc4N)cc3)n2)cc1OC. The molecule has 4 rings (SSSR count). The molecule has 178 valence electrons. The zero-order valence-corrected chi connectivity index (χ0v) is 20.1. The van der Waals surface area contributed by atoms with Gasteiger partial charge in [0.25, 0.3) is 5.91 Å². The molecule has 0 radical (unpaired) electrons. The number of anilines is 3. The van der Waals surface area contributed by atoms with Crippen LogP contribution in [0.2, 0.25) is 0 Å². The number of nitrogen functional groups attached to an aromatic ring is 1. The molecule has 0 aliphatic heterocycles. The van der Waals surface area contributed by atoms with Gasteiger partial charge in [0.2, 0.25) is 5.95 Å². The lowest BCUT2D eigenvalue weighted by molar-refractivity contribution is 0.102. The van der Waals surface area contributed by atoms with E-state index in [9.17, 15) is 4.79 Å². The molecule has 0 bridgehead atoms. The van der Waals surface area contributed by atoms with E-state index in [-0.39, 0.29) is 5.91 Å². The lowest BCUT2D eigenvalue weighted by atomic mass is 10.1. The van der Waals surface area contributed by atoms with Gasteiger partial charge < -0.3 is 25.8 Å². The van der Waals surface area contributed by atoms with Gasteiger partial charge in [-0.3, -0.25) is 4.79 Å². The van der Waals surface area contributed by atoms with Crippen LogP contribution in [0.4, 0.5) is 17.3 Å². The fourth-order valence-electron chi connectivity index (χ4n) is 3.25. The van der Waals surface area contributed by atoms with Crippen molar-refractivity contribution in [1.29, 1.82) is 0 Å². The molecule has 0 saturated carbocycles. The maximum Gasteiger partial charge on any atom is 0.255 e. The van der Waals surface area contributed by atoms with Gasteiger partial charge in [0.1, 0.15) is 5.03 Å². The summed E-state index contributed by atoms with van der Waals surface area (Å²) in [6.45, 7) is 0.512. The van der Waals surface area contributed by atoms with Gasteiger partial charge >= 0.3 is 0 Å². The van der Waals surface area contributed by atoms with Gasteiger partial charge in [-0.1, -0.05) is 36.0 Å². The molecular weight excluding hydrogens is 462 g/mol. The van der Waals surface area contributed by atoms with Gasteiger partial charge in [-0.15, -0.1) is 0 Å². The van der Waals surface area contributed by atoms with Crippen molar-refractivity contribution in [2.45, 2.75) is 16.5 Å². The third-order valence-corrected chi connectivity index (χ3v) is 6.01. The first-order chi connectivity index (χ1) is 17.1. The summed E-state index contributed by atoms with van der Waals surface area (Å²) in [6.07, 6.45) is 1.71. The molecule has 0 unspecified atom stereocenters. The van der Waals surface area contributed by atoms with Gasteiger partial charge in [-0.25, -0.2) is 9.97 Å². The van der Waals surface area contributed by atoms with E-state index >= 15 is 0 Å². The number of nitrogens with two attached hydrogens (primary N) is 1. The smallest absolute Gasteiger partial charge is 0.255 e. The van der Waals surface area contributed by atoms with Crippen LogP contribution in [0.15, 0.2) is 88.9 Å². The number of aromatic nitrogens is 2. The predicted molar refractivity (Wildman–Crippen MR) is 138 cm³/mol. The number of nitrogens with zero attached hydrogens (tertiary/aromatic N) is 2. The molecule has 8 nitrogen and oxygen atoms in total. The van der Waals surface area contributed by atoms with Gasteiger partial charge in [0.05, 0.1) is 25.6 Å². The molecule has 0 fully saturated rings. The summed E-state index contributed by atoms with van der Waals surface area (Å²) in [6, 6.07) is 22.0. The number of nitrogens with one attached hydrogen (secondary N) is 2. The Balaban J connectivity index is 1.35. The van der Waals surface area contributed by atoms with Crippen molar-refractivity contribution < 1.29 is 14.3 Å². The average Bonchev–Trinajstić information content (AvgIpc) is 2.89. The van der Waals surface area contributed by atoms with Crippen LogP contribution in [0, 0.1) is 0 Å². The van der Waals surface area contributed by atoms with Crippen LogP contribution in [-0.4, -0.2) is 30.1 Å². The summed E-state index contributed by atoms with van der Waals surface area (Å²) in [7, 11) is 3.22. The van der Waals surface area contributed by atoms with E-state index in [0.717, 1.165) is 15.5 Å². The van der Waals surface area contributed by atoms with Gasteiger partial charge in [0.15, 0.2) is 11.5 Å². The molecule has 0 aliphatic carbocycles. The minimum atomic E-state index is -0.217. The predicted octanol–water partition coefficient (Wildman–Crippen LogP) is 5.09. The molecular formula is C26H25N5O3S. The number of hydrogen-bond acceptors (Lipinski definition) is 8. The monoisotopic (exact) mass is 487 g/mol. The highest BCUT2D eigenvalue weighted by atomic mass is 32.2. The maximum absolute atomic E-state index is 12.5. The first kappa shape index (κ1) is 23.9. The van der Waals surface area contributed by atoms with E-state index in [2.05, 4.69) is 20.6 Å². The summed E-state index contributed by atoms with van der Waals surface area (Å²) in [5.74, 6) is 1.63.